The number of halogens is 1. The second-order valence-corrected chi connectivity index (χ2v) is 8.84. The fourth-order valence-corrected chi connectivity index (χ4v) is 4.40. The number of carbonyl (C=O) groups is 2. The number of nitrogens with one attached hydrogen (secondary N) is 2. The highest BCUT2D eigenvalue weighted by atomic mass is 19.1. The first-order valence-corrected chi connectivity index (χ1v) is 11.6. The summed E-state index contributed by atoms with van der Waals surface area (Å²) < 4.78 is 19.6. The van der Waals surface area contributed by atoms with Gasteiger partial charge in [0.2, 0.25) is 0 Å². The van der Waals surface area contributed by atoms with E-state index in [4.69, 9.17) is 9.72 Å². The topological polar surface area (TPSA) is 101 Å². The van der Waals surface area contributed by atoms with Gasteiger partial charge >= 0.3 is 5.97 Å². The zero-order chi connectivity index (χ0) is 23.2. The number of benzene rings is 1. The summed E-state index contributed by atoms with van der Waals surface area (Å²) in [5.74, 6) is -0.977. The summed E-state index contributed by atoms with van der Waals surface area (Å²) in [5, 5.41) is 15.1. The summed E-state index contributed by atoms with van der Waals surface area (Å²) in [7, 11) is 0. The molecule has 1 aliphatic heterocycles. The van der Waals surface area contributed by atoms with Crippen LogP contribution >= 0.6 is 0 Å². The Kier molecular flexibility index (Phi) is 7.54. The summed E-state index contributed by atoms with van der Waals surface area (Å²) >= 11 is 0. The van der Waals surface area contributed by atoms with Gasteiger partial charge < -0.3 is 20.5 Å². The maximum absolute atomic E-state index is 13.7. The lowest BCUT2D eigenvalue weighted by Crippen LogP contribution is -2.42. The SMILES string of the molecule is O=C(N[C@@H](CCO[C@H]1C[C@H](CCc2ccc3c(n2)NCCC3)C1)C(=O)O)c1ccccc1F. The number of hydrogen-bond donors (Lipinski definition) is 3. The Balaban J connectivity index is 1.15. The molecule has 1 aromatic carbocycles. The summed E-state index contributed by atoms with van der Waals surface area (Å²) in [4.78, 5) is 28.4. The summed E-state index contributed by atoms with van der Waals surface area (Å²) in [5.41, 5.74) is 2.24. The molecule has 0 spiro atoms. The summed E-state index contributed by atoms with van der Waals surface area (Å²) in [6, 6.07) is 8.67. The highest BCUT2D eigenvalue weighted by molar-refractivity contribution is 5.96. The number of pyridine rings is 1. The molecule has 8 heteroatoms. The van der Waals surface area contributed by atoms with Crippen LogP contribution in [-0.4, -0.2) is 47.3 Å². The van der Waals surface area contributed by atoms with Crippen LogP contribution in [0.4, 0.5) is 10.2 Å². The predicted molar refractivity (Wildman–Crippen MR) is 122 cm³/mol. The fourth-order valence-electron chi connectivity index (χ4n) is 4.40. The van der Waals surface area contributed by atoms with Crippen LogP contribution < -0.4 is 10.6 Å². The van der Waals surface area contributed by atoms with Crippen molar-refractivity contribution in [3.05, 3.63) is 59.0 Å². The van der Waals surface area contributed by atoms with Crippen LogP contribution in [0.3, 0.4) is 0 Å². The number of amides is 1. The number of rotatable bonds is 10. The number of anilines is 1. The minimum absolute atomic E-state index is 0.116. The molecule has 4 rings (SSSR count). The number of aliphatic carboxylic acids is 1. The molecule has 2 heterocycles. The number of aryl methyl sites for hydroxylation is 2. The van der Waals surface area contributed by atoms with Gasteiger partial charge in [-0.25, -0.2) is 14.2 Å². The molecule has 1 aliphatic carbocycles. The van der Waals surface area contributed by atoms with Gasteiger partial charge in [-0.3, -0.25) is 4.79 Å². The first-order chi connectivity index (χ1) is 16.0. The van der Waals surface area contributed by atoms with Gasteiger partial charge in [0.1, 0.15) is 17.7 Å². The lowest BCUT2D eigenvalue weighted by molar-refractivity contribution is -0.140. The fraction of sp³-hybridized carbons (Fsp3) is 0.480. The number of nitrogens with zero attached hydrogens (tertiary/aromatic N) is 1. The number of hydrogen-bond acceptors (Lipinski definition) is 5. The second kappa shape index (κ2) is 10.7. The van der Waals surface area contributed by atoms with Crippen LogP contribution in [-0.2, 0) is 22.4 Å². The Morgan fingerprint density at radius 3 is 2.85 bits per heavy atom. The number of aromatic nitrogens is 1. The van der Waals surface area contributed by atoms with E-state index in [0.29, 0.717) is 5.92 Å². The molecule has 7 nitrogen and oxygen atoms in total. The quantitative estimate of drug-likeness (QED) is 0.506. The van der Waals surface area contributed by atoms with Gasteiger partial charge in [-0.1, -0.05) is 18.2 Å². The highest BCUT2D eigenvalue weighted by Gasteiger charge is 2.30. The third kappa shape index (κ3) is 6.07. The van der Waals surface area contributed by atoms with Gasteiger partial charge in [0, 0.05) is 25.3 Å². The van der Waals surface area contributed by atoms with E-state index in [0.717, 1.165) is 56.6 Å². The lowest BCUT2D eigenvalue weighted by Gasteiger charge is -2.35. The van der Waals surface area contributed by atoms with E-state index in [9.17, 15) is 19.1 Å². The van der Waals surface area contributed by atoms with Gasteiger partial charge in [-0.15, -0.1) is 0 Å². The van der Waals surface area contributed by atoms with Crippen LogP contribution in [0.5, 0.6) is 0 Å². The first-order valence-electron chi connectivity index (χ1n) is 11.6. The Bertz CT molecular complexity index is 993. The molecule has 1 fully saturated rings. The zero-order valence-corrected chi connectivity index (χ0v) is 18.6. The molecular formula is C25H30FN3O4. The average molecular weight is 456 g/mol. The minimum Gasteiger partial charge on any atom is -0.480 e. The van der Waals surface area contributed by atoms with Crippen molar-refractivity contribution in [2.45, 2.75) is 57.1 Å². The van der Waals surface area contributed by atoms with Gasteiger partial charge in [0.25, 0.3) is 5.91 Å². The Hall–Kier alpha value is -3.00. The van der Waals surface area contributed by atoms with Crippen molar-refractivity contribution in [1.29, 1.82) is 0 Å². The normalized spacial score (nSPS) is 20.2. The van der Waals surface area contributed by atoms with Crippen LogP contribution in [0.2, 0.25) is 0 Å². The Labute approximate surface area is 192 Å². The maximum Gasteiger partial charge on any atom is 0.326 e. The van der Waals surface area contributed by atoms with Crippen LogP contribution in [0.15, 0.2) is 36.4 Å². The smallest absolute Gasteiger partial charge is 0.326 e. The predicted octanol–water partition coefficient (Wildman–Crippen LogP) is 3.58. The number of fused-ring (bicyclic) bond motifs is 1. The van der Waals surface area contributed by atoms with Crippen molar-refractivity contribution in [2.75, 3.05) is 18.5 Å². The van der Waals surface area contributed by atoms with E-state index < -0.39 is 23.7 Å². The molecule has 0 bridgehead atoms. The number of carboxylic acid groups (broad SMARTS) is 1. The third-order valence-electron chi connectivity index (χ3n) is 6.43. The number of carboxylic acids is 1. The van der Waals surface area contributed by atoms with E-state index >= 15 is 0 Å². The second-order valence-electron chi connectivity index (χ2n) is 8.84. The summed E-state index contributed by atoms with van der Waals surface area (Å²) in [6.07, 6.45) is 6.38. The highest BCUT2D eigenvalue weighted by Crippen LogP contribution is 2.34. The largest absolute Gasteiger partial charge is 0.480 e. The molecule has 1 atom stereocenters. The molecule has 176 valence electrons. The van der Waals surface area contributed by atoms with Crippen LogP contribution in [0.1, 0.15) is 53.7 Å². The van der Waals surface area contributed by atoms with Crippen molar-refractivity contribution in [3.63, 3.8) is 0 Å². The molecule has 33 heavy (non-hydrogen) atoms. The number of ether oxygens (including phenoxy) is 1. The van der Waals surface area contributed by atoms with Gasteiger partial charge in [0.15, 0.2) is 0 Å². The molecule has 1 aromatic heterocycles. The van der Waals surface area contributed by atoms with E-state index in [-0.39, 0.29) is 24.7 Å². The van der Waals surface area contributed by atoms with Crippen molar-refractivity contribution in [3.8, 4) is 0 Å². The Morgan fingerprint density at radius 2 is 2.06 bits per heavy atom. The molecule has 0 saturated heterocycles. The summed E-state index contributed by atoms with van der Waals surface area (Å²) in [6.45, 7) is 1.21. The molecule has 1 saturated carbocycles. The van der Waals surface area contributed by atoms with E-state index in [1.165, 1.54) is 29.8 Å². The van der Waals surface area contributed by atoms with Crippen molar-refractivity contribution in [2.24, 2.45) is 5.92 Å². The number of carbonyl (C=O) groups excluding carboxylic acids is 1. The van der Waals surface area contributed by atoms with Crippen molar-refractivity contribution < 1.29 is 23.8 Å². The van der Waals surface area contributed by atoms with Crippen LogP contribution in [0, 0.1) is 11.7 Å². The monoisotopic (exact) mass is 455 g/mol. The van der Waals surface area contributed by atoms with Crippen molar-refractivity contribution >= 4 is 17.7 Å². The van der Waals surface area contributed by atoms with E-state index in [1.807, 2.05) is 0 Å². The average Bonchev–Trinajstić information content (AvgIpc) is 2.79. The van der Waals surface area contributed by atoms with E-state index in [1.54, 1.807) is 0 Å². The maximum atomic E-state index is 13.7. The van der Waals surface area contributed by atoms with Gasteiger partial charge in [-0.05, 0) is 68.2 Å². The molecular weight excluding hydrogens is 425 g/mol. The Morgan fingerprint density at radius 1 is 1.24 bits per heavy atom. The minimum atomic E-state index is -1.16. The van der Waals surface area contributed by atoms with Gasteiger partial charge in [0.05, 0.1) is 11.7 Å². The molecule has 0 radical (unpaired) electrons. The van der Waals surface area contributed by atoms with Crippen LogP contribution in [0.25, 0.3) is 0 Å². The zero-order valence-electron chi connectivity index (χ0n) is 18.6. The standard InChI is InChI=1S/C25H30FN3O4/c26-21-6-2-1-5-20(21)24(30)29-22(25(31)32)11-13-33-19-14-16(15-19)7-9-18-10-8-17-4-3-12-27-23(17)28-18/h1-2,5-6,8,10,16,19,22H,3-4,7,9,11-15H2,(H,27,28)(H,29,30)(H,31,32)/t16-,19-,22-/m0/s1. The van der Waals surface area contributed by atoms with E-state index in [2.05, 4.69) is 22.8 Å². The molecule has 1 amide bonds. The molecule has 0 unspecified atom stereocenters. The van der Waals surface area contributed by atoms with Crippen molar-refractivity contribution in [1.82, 2.24) is 10.3 Å². The first kappa shape index (κ1) is 23.2. The third-order valence-corrected chi connectivity index (χ3v) is 6.43. The molecule has 2 aliphatic rings. The van der Waals surface area contributed by atoms with Gasteiger partial charge in [-0.2, -0.15) is 0 Å². The lowest BCUT2D eigenvalue weighted by atomic mass is 9.79. The molecule has 2 aromatic rings. The molecule has 3 N–H and O–H groups in total.